The van der Waals surface area contributed by atoms with Crippen molar-refractivity contribution in [1.82, 2.24) is 0 Å². The van der Waals surface area contributed by atoms with Crippen LogP contribution in [0.2, 0.25) is 0 Å². The Hall–Kier alpha value is 0.690. The molecule has 0 amide bonds. The van der Waals surface area contributed by atoms with Gasteiger partial charge < -0.3 is 28.5 Å². The van der Waals surface area contributed by atoms with E-state index in [-0.39, 0.29) is 24.0 Å². The number of quaternary nitrogens is 1. The Morgan fingerprint density at radius 2 is 1.33 bits per heavy atom. The summed E-state index contributed by atoms with van der Waals surface area (Å²) in [5.41, 5.74) is 0. The first-order valence-electron chi connectivity index (χ1n) is 3.53. The van der Waals surface area contributed by atoms with Crippen LogP contribution in [0.15, 0.2) is 0 Å². The predicted molar refractivity (Wildman–Crippen MR) is 35.7 cm³/mol. The SMILES string of the molecule is C[N+]1([13CH3])CCCCC1.[I-]. The van der Waals surface area contributed by atoms with Gasteiger partial charge in [0.1, 0.15) is 0 Å². The molecule has 9 heavy (non-hydrogen) atoms. The first-order chi connectivity index (χ1) is 3.71. The highest BCUT2D eigenvalue weighted by atomic mass is 127. The average Bonchev–Trinajstić information content (AvgIpc) is 1.65. The van der Waals surface area contributed by atoms with Crippen molar-refractivity contribution in [2.24, 2.45) is 0 Å². The summed E-state index contributed by atoms with van der Waals surface area (Å²) in [6, 6.07) is 0. The third kappa shape index (κ3) is 3.40. The summed E-state index contributed by atoms with van der Waals surface area (Å²) in [5, 5.41) is 0. The second-order valence-electron chi connectivity index (χ2n) is 3.44. The summed E-state index contributed by atoms with van der Waals surface area (Å²) in [6.07, 6.45) is 4.34. The van der Waals surface area contributed by atoms with Gasteiger partial charge in [-0.1, -0.05) is 0 Å². The monoisotopic (exact) mass is 242 g/mol. The lowest BCUT2D eigenvalue weighted by atomic mass is 10.1. The van der Waals surface area contributed by atoms with Crippen LogP contribution in [-0.4, -0.2) is 31.7 Å². The van der Waals surface area contributed by atoms with Crippen molar-refractivity contribution < 1.29 is 28.5 Å². The van der Waals surface area contributed by atoms with Crippen molar-refractivity contribution in [3.63, 3.8) is 0 Å². The number of nitrogens with zero attached hydrogens (tertiary/aromatic N) is 1. The first kappa shape index (κ1) is 9.69. The zero-order valence-corrected chi connectivity index (χ0v) is 8.52. The topological polar surface area (TPSA) is 0 Å². The Balaban J connectivity index is 0.000000640. The van der Waals surface area contributed by atoms with Crippen LogP contribution in [0, 0.1) is 0 Å². The Labute approximate surface area is 75.0 Å². The standard InChI is InChI=1S/C7H16N.HI/c1-8(2)6-4-3-5-7-8;/h3-7H2,1-2H3;1H/q+1;/p-1/i1+1;. The molecule has 1 rings (SSSR count). The second kappa shape index (κ2) is 3.76. The Kier molecular flexibility index (Phi) is 4.05. The lowest BCUT2D eigenvalue weighted by Gasteiger charge is -2.33. The summed E-state index contributed by atoms with van der Waals surface area (Å²) in [4.78, 5) is 0. The van der Waals surface area contributed by atoms with Gasteiger partial charge in [-0.15, -0.1) is 0 Å². The van der Waals surface area contributed by atoms with Gasteiger partial charge in [0, 0.05) is 0 Å². The molecule has 0 radical (unpaired) electrons. The smallest absolute Gasteiger partial charge is 0.0782 e. The molecule has 0 bridgehead atoms. The summed E-state index contributed by atoms with van der Waals surface area (Å²) in [7, 11) is 4.64. The maximum atomic E-state index is 2.32. The highest BCUT2D eigenvalue weighted by Gasteiger charge is 2.17. The normalized spacial score (nSPS) is 24.7. The van der Waals surface area contributed by atoms with E-state index in [1.165, 1.54) is 36.8 Å². The molecule has 0 unspecified atom stereocenters. The molecule has 0 spiro atoms. The van der Waals surface area contributed by atoms with Crippen LogP contribution < -0.4 is 24.0 Å². The van der Waals surface area contributed by atoms with Gasteiger partial charge >= 0.3 is 0 Å². The molecule has 0 aliphatic carbocycles. The van der Waals surface area contributed by atoms with Gasteiger partial charge in [-0.05, 0) is 19.3 Å². The number of likely N-dealkylation sites (tertiary alicyclic amines) is 1. The molecule has 2 heteroatoms. The van der Waals surface area contributed by atoms with E-state index in [0.717, 1.165) is 0 Å². The Morgan fingerprint density at radius 1 is 0.889 bits per heavy atom. The van der Waals surface area contributed by atoms with Crippen molar-refractivity contribution in [3.05, 3.63) is 0 Å². The molecule has 0 aromatic heterocycles. The number of rotatable bonds is 0. The van der Waals surface area contributed by atoms with E-state index in [9.17, 15) is 0 Å². The summed E-state index contributed by atoms with van der Waals surface area (Å²) >= 11 is 0. The van der Waals surface area contributed by atoms with Crippen molar-refractivity contribution in [1.29, 1.82) is 0 Å². The largest absolute Gasteiger partial charge is 1.00 e. The molecule has 1 aliphatic heterocycles. The lowest BCUT2D eigenvalue weighted by Crippen LogP contribution is -3.00. The molecular formula is C7H16IN. The fourth-order valence-electron chi connectivity index (χ4n) is 1.37. The zero-order valence-electron chi connectivity index (χ0n) is 6.36. The fourth-order valence-corrected chi connectivity index (χ4v) is 1.37. The van der Waals surface area contributed by atoms with Gasteiger partial charge in [0.25, 0.3) is 0 Å². The minimum Gasteiger partial charge on any atom is -1.00 e. The summed E-state index contributed by atoms with van der Waals surface area (Å²) < 4.78 is 1.25. The van der Waals surface area contributed by atoms with Crippen LogP contribution in [0.25, 0.3) is 0 Å². The van der Waals surface area contributed by atoms with E-state index in [0.29, 0.717) is 0 Å². The molecule has 1 aliphatic rings. The summed E-state index contributed by atoms with van der Waals surface area (Å²) in [6.45, 7) is 2.78. The molecular weight excluding hydrogens is 226 g/mol. The number of hydrogen-bond acceptors (Lipinski definition) is 0. The molecule has 1 heterocycles. The van der Waals surface area contributed by atoms with Crippen LogP contribution in [0.1, 0.15) is 19.3 Å². The van der Waals surface area contributed by atoms with Gasteiger partial charge in [-0.2, -0.15) is 0 Å². The molecule has 0 N–H and O–H groups in total. The highest BCUT2D eigenvalue weighted by Crippen LogP contribution is 2.11. The third-order valence-electron chi connectivity index (χ3n) is 2.03. The van der Waals surface area contributed by atoms with E-state index >= 15 is 0 Å². The van der Waals surface area contributed by atoms with E-state index in [4.69, 9.17) is 0 Å². The first-order valence-corrected chi connectivity index (χ1v) is 3.53. The maximum absolute atomic E-state index is 2.32. The zero-order chi connectivity index (χ0) is 6.04. The van der Waals surface area contributed by atoms with E-state index in [1.807, 2.05) is 0 Å². The average molecular weight is 242 g/mol. The maximum Gasteiger partial charge on any atom is 0.0782 e. The van der Waals surface area contributed by atoms with E-state index in [2.05, 4.69) is 14.1 Å². The number of piperidine rings is 1. The van der Waals surface area contributed by atoms with Gasteiger partial charge in [0.2, 0.25) is 0 Å². The molecule has 0 saturated carbocycles. The van der Waals surface area contributed by atoms with Gasteiger partial charge in [0.15, 0.2) is 0 Å². The molecule has 0 aromatic rings. The van der Waals surface area contributed by atoms with Crippen molar-refractivity contribution in [3.8, 4) is 0 Å². The molecule has 56 valence electrons. The fraction of sp³-hybridized carbons (Fsp3) is 1.00. The molecule has 1 saturated heterocycles. The Bertz CT molecular complexity index is 73.0. The number of hydrogen-bond donors (Lipinski definition) is 0. The van der Waals surface area contributed by atoms with Crippen LogP contribution in [0.4, 0.5) is 0 Å². The van der Waals surface area contributed by atoms with Crippen molar-refractivity contribution in [2.45, 2.75) is 19.3 Å². The Morgan fingerprint density at radius 3 is 1.56 bits per heavy atom. The van der Waals surface area contributed by atoms with E-state index < -0.39 is 0 Å². The molecule has 1 nitrogen and oxygen atoms in total. The minimum atomic E-state index is 0. The van der Waals surface area contributed by atoms with Gasteiger partial charge in [-0.3, -0.25) is 0 Å². The van der Waals surface area contributed by atoms with Crippen molar-refractivity contribution in [2.75, 3.05) is 27.2 Å². The van der Waals surface area contributed by atoms with Crippen LogP contribution >= 0.6 is 0 Å². The van der Waals surface area contributed by atoms with Crippen LogP contribution in [0.3, 0.4) is 0 Å². The predicted octanol–water partition coefficient (Wildman–Crippen LogP) is -1.75. The van der Waals surface area contributed by atoms with Gasteiger partial charge in [-0.25, -0.2) is 0 Å². The minimum absolute atomic E-state index is 0. The third-order valence-corrected chi connectivity index (χ3v) is 2.03. The quantitative estimate of drug-likeness (QED) is 0.268. The van der Waals surface area contributed by atoms with Crippen LogP contribution in [0.5, 0.6) is 0 Å². The molecule has 0 aromatic carbocycles. The van der Waals surface area contributed by atoms with E-state index in [1.54, 1.807) is 0 Å². The highest BCUT2D eigenvalue weighted by molar-refractivity contribution is 4.47. The van der Waals surface area contributed by atoms with Crippen LogP contribution in [-0.2, 0) is 0 Å². The summed E-state index contributed by atoms with van der Waals surface area (Å²) in [5.74, 6) is 0. The number of halogens is 1. The second-order valence-corrected chi connectivity index (χ2v) is 3.44. The van der Waals surface area contributed by atoms with Gasteiger partial charge in [0.05, 0.1) is 27.2 Å². The molecule has 0 atom stereocenters. The van der Waals surface area contributed by atoms with Crippen molar-refractivity contribution >= 4 is 0 Å². The lowest BCUT2D eigenvalue weighted by molar-refractivity contribution is -0.894. The molecule has 1 fully saturated rings.